The number of esters is 1. The van der Waals surface area contributed by atoms with E-state index in [1.54, 1.807) is 13.4 Å². The van der Waals surface area contributed by atoms with Crippen molar-refractivity contribution >= 4 is 45.7 Å². The summed E-state index contributed by atoms with van der Waals surface area (Å²) in [5, 5.41) is 8.62. The first kappa shape index (κ1) is 53.3. The number of cyclic esters (lactones) is 1. The van der Waals surface area contributed by atoms with Crippen LogP contribution in [0.25, 0.3) is 33.4 Å². The number of fused-ring (bicyclic) bond motifs is 6. The fourth-order valence-corrected chi connectivity index (χ4v) is 13.8. The molecule has 20 heteroatoms. The van der Waals surface area contributed by atoms with Gasteiger partial charge in [0.2, 0.25) is 5.91 Å². The average molecular weight is 1090 g/mol. The zero-order chi connectivity index (χ0) is 53.7. The number of aromatic nitrogens is 4. The summed E-state index contributed by atoms with van der Waals surface area (Å²) in [7, 11) is 1.74. The molecule has 7 aliphatic rings. The number of hydrogen-bond donors (Lipinski definition) is 2. The van der Waals surface area contributed by atoms with Crippen LogP contribution in [0.3, 0.4) is 0 Å². The number of rotatable bonds is 13. The van der Waals surface area contributed by atoms with Crippen LogP contribution in [0.5, 0.6) is 0 Å². The largest absolute Gasteiger partial charge is 0.464 e. The molecule has 5 aliphatic heterocycles. The van der Waals surface area contributed by atoms with E-state index in [0.29, 0.717) is 89.2 Å². The number of nitrogens with one attached hydrogen (secondary N) is 2. The summed E-state index contributed by atoms with van der Waals surface area (Å²) in [6.45, 7) is 17.2. The molecule has 0 radical (unpaired) electrons. The highest BCUT2D eigenvalue weighted by atomic mass is 32.1. The van der Waals surface area contributed by atoms with Crippen molar-refractivity contribution in [3.05, 3.63) is 70.5 Å². The first-order valence-electron chi connectivity index (χ1n) is 28.5. The number of anilines is 1. The predicted octanol–water partition coefficient (Wildman–Crippen LogP) is 6.53. The highest BCUT2D eigenvalue weighted by Gasteiger charge is 2.55. The number of pyridine rings is 1. The van der Waals surface area contributed by atoms with E-state index in [1.165, 1.54) is 35.6 Å². The predicted molar refractivity (Wildman–Crippen MR) is 294 cm³/mol. The maximum atomic E-state index is 15.3. The number of thiazole rings is 1. The first-order valence-corrected chi connectivity index (χ1v) is 29.4. The minimum absolute atomic E-state index is 0.00753. The molecule has 5 aromatic rings. The van der Waals surface area contributed by atoms with Gasteiger partial charge in [-0.2, -0.15) is 0 Å². The molecule has 6 bridgehead atoms. The van der Waals surface area contributed by atoms with Crippen LogP contribution in [-0.4, -0.2) is 169 Å². The quantitative estimate of drug-likeness (QED) is 0.121. The van der Waals surface area contributed by atoms with Crippen LogP contribution in [0.1, 0.15) is 106 Å². The van der Waals surface area contributed by atoms with Gasteiger partial charge in [0.25, 0.3) is 5.91 Å². The lowest BCUT2D eigenvalue weighted by Crippen LogP contribution is -2.63. The van der Waals surface area contributed by atoms with Gasteiger partial charge in [0.15, 0.2) is 6.39 Å². The molecule has 9 heterocycles. The van der Waals surface area contributed by atoms with Gasteiger partial charge in [-0.1, -0.05) is 26.8 Å². The molecular weight excluding hydrogens is 1010 g/mol. The summed E-state index contributed by atoms with van der Waals surface area (Å²) in [5.74, 6) is -1.56. The summed E-state index contributed by atoms with van der Waals surface area (Å²) in [4.78, 5) is 66.8. The van der Waals surface area contributed by atoms with Crippen molar-refractivity contribution in [1.82, 2.24) is 45.1 Å². The number of ether oxygens (including phenoxy) is 5. The molecule has 418 valence electrons. The second-order valence-corrected chi connectivity index (χ2v) is 24.3. The summed E-state index contributed by atoms with van der Waals surface area (Å²) in [5.41, 5.74) is 11.2. The number of hydrogen-bond acceptors (Lipinski definition) is 17. The number of carbonyl (C=O) groups excluding carboxylic acids is 3. The highest BCUT2D eigenvalue weighted by Crippen LogP contribution is 2.53. The van der Waals surface area contributed by atoms with Gasteiger partial charge in [-0.3, -0.25) is 34.2 Å². The molecule has 2 saturated carbocycles. The molecule has 1 aromatic carbocycles. The molecule has 6 fully saturated rings. The summed E-state index contributed by atoms with van der Waals surface area (Å²) < 4.78 is 38.5. The van der Waals surface area contributed by atoms with E-state index >= 15 is 4.79 Å². The maximum absolute atomic E-state index is 15.3. The molecule has 2 aliphatic carbocycles. The van der Waals surface area contributed by atoms with E-state index in [2.05, 4.69) is 85.4 Å². The fourth-order valence-electron chi connectivity index (χ4n) is 12.8. The van der Waals surface area contributed by atoms with Crippen LogP contribution in [0.15, 0.2) is 52.9 Å². The van der Waals surface area contributed by atoms with Crippen LogP contribution in [0.4, 0.5) is 5.69 Å². The standard InChI is InChI=1S/C58H76N10O9S/c1-35-48(45-31-75-34-60-45)49(35)54(69)62-51-53(66-19-24-74-25-20-66)55-61-46(32-78-55)37-8-11-47-41(27-37)43(29-58(3,4)33-77-57(71)44-7-6-14-68(63-44)56(51)70)52(67(47)21-26-76-40-12-22-73-23-13-40)42-28-39(30-59-50(42)36(2)72-5)65-17-15-64(16-18-65)38-9-10-38/h8,11,27-28,30-32,34-36,38,40,44,48-49,51,53,63H,6-7,9-10,12-26,29,33H2,1-5H3,(H,62,69)/t35-,36-,44-,48-,49+,51-,53-/m0/s1. The molecular formula is C58H76N10O9S. The molecule has 2 N–H and O–H groups in total. The van der Waals surface area contributed by atoms with Gasteiger partial charge >= 0.3 is 5.97 Å². The van der Waals surface area contributed by atoms with Crippen molar-refractivity contribution in [2.45, 2.75) is 121 Å². The molecule has 0 unspecified atom stereocenters. The molecule has 4 saturated heterocycles. The molecule has 4 aromatic heterocycles. The van der Waals surface area contributed by atoms with Crippen molar-refractivity contribution < 1.29 is 42.5 Å². The smallest absolute Gasteiger partial charge is 0.324 e. The van der Waals surface area contributed by atoms with Gasteiger partial charge in [-0.25, -0.2) is 15.4 Å². The summed E-state index contributed by atoms with van der Waals surface area (Å²) >= 11 is 1.49. The molecule has 12 rings (SSSR count). The third-order valence-electron chi connectivity index (χ3n) is 17.5. The molecule has 2 amide bonds. The van der Waals surface area contributed by atoms with Crippen molar-refractivity contribution in [1.29, 1.82) is 0 Å². The number of nitrogens with zero attached hydrogens (tertiary/aromatic N) is 8. The van der Waals surface area contributed by atoms with Crippen LogP contribution in [0, 0.1) is 17.3 Å². The van der Waals surface area contributed by atoms with Gasteiger partial charge in [-0.15, -0.1) is 11.3 Å². The molecule has 78 heavy (non-hydrogen) atoms. The summed E-state index contributed by atoms with van der Waals surface area (Å²) in [6, 6.07) is 7.16. The van der Waals surface area contributed by atoms with Crippen LogP contribution < -0.4 is 15.6 Å². The number of piperazine rings is 1. The molecule has 19 nitrogen and oxygen atoms in total. The van der Waals surface area contributed by atoms with Crippen molar-refractivity contribution in [2.75, 3.05) is 97.5 Å². The lowest BCUT2D eigenvalue weighted by molar-refractivity contribution is -0.156. The Morgan fingerprint density at radius 2 is 1.76 bits per heavy atom. The second-order valence-electron chi connectivity index (χ2n) is 23.4. The number of morpholine rings is 1. The Hall–Kier alpha value is -5.32. The van der Waals surface area contributed by atoms with E-state index < -0.39 is 35.4 Å². The number of carbonyl (C=O) groups is 3. The lowest BCUT2D eigenvalue weighted by atomic mass is 9.84. The highest BCUT2D eigenvalue weighted by molar-refractivity contribution is 7.10. The van der Waals surface area contributed by atoms with Gasteiger partial charge in [0, 0.05) is 123 Å². The van der Waals surface area contributed by atoms with Crippen molar-refractivity contribution in [3.63, 3.8) is 0 Å². The van der Waals surface area contributed by atoms with Gasteiger partial charge in [0.1, 0.15) is 23.4 Å². The summed E-state index contributed by atoms with van der Waals surface area (Å²) in [6.07, 6.45) is 10.7. The Morgan fingerprint density at radius 1 is 0.962 bits per heavy atom. The third kappa shape index (κ3) is 11.0. The van der Waals surface area contributed by atoms with E-state index in [0.717, 1.165) is 95.4 Å². The maximum Gasteiger partial charge on any atom is 0.324 e. The van der Waals surface area contributed by atoms with Crippen molar-refractivity contribution in [3.8, 4) is 22.5 Å². The molecule has 7 atom stereocenters. The minimum Gasteiger partial charge on any atom is -0.464 e. The van der Waals surface area contributed by atoms with Crippen LogP contribution >= 0.6 is 11.3 Å². The topological polar surface area (TPSA) is 191 Å². The van der Waals surface area contributed by atoms with E-state index in [-0.39, 0.29) is 42.5 Å². The minimum atomic E-state index is -1.07. The average Bonchev–Trinajstić information content (AvgIpc) is 4.41. The monoisotopic (exact) mass is 1090 g/mol. The Labute approximate surface area is 460 Å². The Balaban J connectivity index is 0.994. The normalized spacial score (nSPS) is 27.1. The van der Waals surface area contributed by atoms with Crippen molar-refractivity contribution in [2.24, 2.45) is 17.3 Å². The number of oxazole rings is 1. The first-order chi connectivity index (χ1) is 37.9. The van der Waals surface area contributed by atoms with Gasteiger partial charge in [-0.05, 0) is 81.5 Å². The third-order valence-corrected chi connectivity index (χ3v) is 18.4. The fraction of sp³-hybridized carbons (Fsp3) is 0.621. The Bertz CT molecular complexity index is 2940. The van der Waals surface area contributed by atoms with Gasteiger partial charge < -0.3 is 42.9 Å². The molecule has 0 spiro atoms. The van der Waals surface area contributed by atoms with E-state index in [4.69, 9.17) is 38.1 Å². The van der Waals surface area contributed by atoms with Gasteiger partial charge in [0.05, 0.1) is 79.3 Å². The number of hydrazine groups is 1. The number of benzene rings is 1. The van der Waals surface area contributed by atoms with E-state index in [1.807, 2.05) is 13.1 Å². The lowest BCUT2D eigenvalue weighted by Gasteiger charge is -2.41. The number of amides is 2. The Kier molecular flexibility index (Phi) is 15.5. The van der Waals surface area contributed by atoms with Crippen LogP contribution in [-0.2, 0) is 51.0 Å². The zero-order valence-electron chi connectivity index (χ0n) is 45.8. The zero-order valence-corrected chi connectivity index (χ0v) is 46.6. The SMILES string of the molecule is CO[C@@H](C)c1ncc(N2CCN(C3CC3)CC2)cc1-c1c2c3cc(ccc3n1CCOC1CCOCC1)-c1csc(n1)[C@@H](N1CCOCC1)[C@H](NC(=O)[C@@H]1[C@@H](C)[C@H]1c1cocn1)C(=O)N1CCC[C@H](N1)C(=O)OCC(C)(C)C2. The number of methoxy groups -OCH3 is 1. The second kappa shape index (κ2) is 22.7. The Morgan fingerprint density at radius 3 is 2.51 bits per heavy atom. The van der Waals surface area contributed by atoms with E-state index in [9.17, 15) is 9.59 Å². The van der Waals surface area contributed by atoms with Crippen LogP contribution in [0.2, 0.25) is 0 Å².